The monoisotopic (exact) mass is 422 g/mol. The van der Waals surface area contributed by atoms with E-state index in [1.807, 2.05) is 55.5 Å². The number of benzene rings is 1. The number of guanidine groups is 1. The summed E-state index contributed by atoms with van der Waals surface area (Å²) in [5, 5.41) is 6.45. The van der Waals surface area contributed by atoms with Gasteiger partial charge >= 0.3 is 0 Å². The number of carbonyl (C=O) groups excluding carboxylic acids is 2. The summed E-state index contributed by atoms with van der Waals surface area (Å²) in [4.78, 5) is 37.1. The van der Waals surface area contributed by atoms with Gasteiger partial charge in [0, 0.05) is 57.1 Å². The molecule has 31 heavy (non-hydrogen) atoms. The number of aromatic nitrogens is 1. The molecule has 1 atom stereocenters. The molecular formula is C23H30N6O2. The van der Waals surface area contributed by atoms with Crippen LogP contribution in [0.3, 0.4) is 0 Å². The Bertz CT molecular complexity index is 887. The number of anilines is 1. The fourth-order valence-electron chi connectivity index (χ4n) is 3.40. The van der Waals surface area contributed by atoms with Crippen LogP contribution in [-0.2, 0) is 16.0 Å². The van der Waals surface area contributed by atoms with Crippen LogP contribution in [0.25, 0.3) is 0 Å². The number of para-hydroxylation sites is 1. The molecule has 1 unspecified atom stereocenters. The van der Waals surface area contributed by atoms with Crippen molar-refractivity contribution in [2.45, 2.75) is 25.8 Å². The van der Waals surface area contributed by atoms with Gasteiger partial charge in [0.1, 0.15) is 6.54 Å². The molecule has 164 valence electrons. The van der Waals surface area contributed by atoms with E-state index in [0.29, 0.717) is 38.4 Å². The molecule has 0 radical (unpaired) electrons. The lowest BCUT2D eigenvalue weighted by atomic mass is 10.2. The molecule has 8 heteroatoms. The molecule has 2 N–H and O–H groups in total. The SMILES string of the molecule is CCNC(=NCC(=O)N(C)CCc1ccccn1)NC1CC(=O)N(c2ccccc2)C1. The van der Waals surface area contributed by atoms with Gasteiger partial charge in [-0.2, -0.15) is 0 Å². The second-order valence-electron chi connectivity index (χ2n) is 7.47. The third-order valence-electron chi connectivity index (χ3n) is 5.11. The molecule has 0 spiro atoms. The fraction of sp³-hybridized carbons (Fsp3) is 0.391. The Morgan fingerprint density at radius 3 is 2.71 bits per heavy atom. The number of rotatable bonds is 8. The summed E-state index contributed by atoms with van der Waals surface area (Å²) in [5.74, 6) is 0.549. The molecule has 2 heterocycles. The minimum absolute atomic E-state index is 0.0388. The van der Waals surface area contributed by atoms with Crippen LogP contribution >= 0.6 is 0 Å². The van der Waals surface area contributed by atoms with Gasteiger partial charge in [0.25, 0.3) is 0 Å². The minimum atomic E-state index is -0.0680. The van der Waals surface area contributed by atoms with Crippen molar-refractivity contribution in [3.8, 4) is 0 Å². The van der Waals surface area contributed by atoms with Crippen molar-refractivity contribution in [3.05, 3.63) is 60.4 Å². The largest absolute Gasteiger partial charge is 0.357 e. The summed E-state index contributed by atoms with van der Waals surface area (Å²) in [6, 6.07) is 15.3. The lowest BCUT2D eigenvalue weighted by molar-refractivity contribution is -0.128. The van der Waals surface area contributed by atoms with Crippen molar-refractivity contribution in [1.82, 2.24) is 20.5 Å². The fourth-order valence-corrected chi connectivity index (χ4v) is 3.40. The zero-order valence-corrected chi connectivity index (χ0v) is 18.1. The molecule has 0 saturated carbocycles. The van der Waals surface area contributed by atoms with Crippen LogP contribution in [0.5, 0.6) is 0 Å². The normalized spacial score (nSPS) is 16.3. The number of nitrogens with one attached hydrogen (secondary N) is 2. The topological polar surface area (TPSA) is 89.9 Å². The Morgan fingerprint density at radius 2 is 2.00 bits per heavy atom. The summed E-state index contributed by atoms with van der Waals surface area (Å²) >= 11 is 0. The average Bonchev–Trinajstić information content (AvgIpc) is 3.17. The van der Waals surface area contributed by atoms with Crippen LogP contribution in [-0.4, -0.2) is 66.9 Å². The van der Waals surface area contributed by atoms with E-state index in [4.69, 9.17) is 0 Å². The van der Waals surface area contributed by atoms with Gasteiger partial charge in [-0.15, -0.1) is 0 Å². The maximum absolute atomic E-state index is 12.5. The van der Waals surface area contributed by atoms with Crippen LogP contribution < -0.4 is 15.5 Å². The second-order valence-corrected chi connectivity index (χ2v) is 7.47. The predicted octanol–water partition coefficient (Wildman–Crippen LogP) is 1.44. The average molecular weight is 423 g/mol. The standard InChI is InChI=1S/C23H30N6O2/c1-3-24-23(26-16-22(31)28(2)14-12-18-9-7-8-13-25-18)27-19-15-21(30)29(17-19)20-10-5-4-6-11-20/h4-11,13,19H,3,12,14-17H2,1-2H3,(H2,24,26,27). The van der Waals surface area contributed by atoms with E-state index in [0.717, 1.165) is 11.4 Å². The van der Waals surface area contributed by atoms with E-state index in [1.54, 1.807) is 23.0 Å². The molecule has 0 bridgehead atoms. The van der Waals surface area contributed by atoms with Crippen LogP contribution in [0, 0.1) is 0 Å². The first-order chi connectivity index (χ1) is 15.1. The van der Waals surface area contributed by atoms with Crippen molar-refractivity contribution in [2.75, 3.05) is 38.1 Å². The van der Waals surface area contributed by atoms with Gasteiger partial charge in [-0.25, -0.2) is 4.99 Å². The van der Waals surface area contributed by atoms with Crippen molar-refractivity contribution >= 4 is 23.5 Å². The first kappa shape index (κ1) is 22.3. The summed E-state index contributed by atoms with van der Waals surface area (Å²) in [6.45, 7) is 3.81. The van der Waals surface area contributed by atoms with Gasteiger partial charge in [0.2, 0.25) is 11.8 Å². The Kier molecular flexibility index (Phi) is 7.98. The number of nitrogens with zero attached hydrogens (tertiary/aromatic N) is 4. The minimum Gasteiger partial charge on any atom is -0.357 e. The molecule has 1 saturated heterocycles. The first-order valence-corrected chi connectivity index (χ1v) is 10.6. The van der Waals surface area contributed by atoms with Crippen LogP contribution in [0.15, 0.2) is 59.7 Å². The van der Waals surface area contributed by atoms with Gasteiger partial charge in [-0.1, -0.05) is 24.3 Å². The molecule has 3 rings (SSSR count). The lowest BCUT2D eigenvalue weighted by Gasteiger charge is -2.19. The molecule has 8 nitrogen and oxygen atoms in total. The molecular weight excluding hydrogens is 392 g/mol. The summed E-state index contributed by atoms with van der Waals surface area (Å²) in [7, 11) is 1.77. The smallest absolute Gasteiger partial charge is 0.244 e. The van der Waals surface area contributed by atoms with Gasteiger partial charge in [-0.05, 0) is 31.2 Å². The number of likely N-dealkylation sites (N-methyl/N-ethyl adjacent to an activating group) is 1. The quantitative estimate of drug-likeness (QED) is 0.496. The van der Waals surface area contributed by atoms with E-state index in [2.05, 4.69) is 20.6 Å². The van der Waals surface area contributed by atoms with Gasteiger partial charge in [-0.3, -0.25) is 14.6 Å². The van der Waals surface area contributed by atoms with E-state index < -0.39 is 0 Å². The van der Waals surface area contributed by atoms with Gasteiger partial charge in [0.05, 0.1) is 6.04 Å². The number of hydrogen-bond donors (Lipinski definition) is 2. The first-order valence-electron chi connectivity index (χ1n) is 10.6. The Labute approximate surface area is 183 Å². The van der Waals surface area contributed by atoms with E-state index in [9.17, 15) is 9.59 Å². The predicted molar refractivity (Wildman–Crippen MR) is 122 cm³/mol. The Balaban J connectivity index is 1.52. The second kappa shape index (κ2) is 11.1. The van der Waals surface area contributed by atoms with Crippen molar-refractivity contribution in [3.63, 3.8) is 0 Å². The number of aliphatic imine (C=N–C) groups is 1. The summed E-state index contributed by atoms with van der Waals surface area (Å²) in [5.41, 5.74) is 1.85. The van der Waals surface area contributed by atoms with Crippen molar-refractivity contribution < 1.29 is 9.59 Å². The molecule has 1 aromatic carbocycles. The van der Waals surface area contributed by atoms with E-state index in [-0.39, 0.29) is 24.4 Å². The van der Waals surface area contributed by atoms with Crippen LogP contribution in [0.1, 0.15) is 19.0 Å². The summed E-state index contributed by atoms with van der Waals surface area (Å²) < 4.78 is 0. The highest BCUT2D eigenvalue weighted by molar-refractivity contribution is 5.97. The lowest BCUT2D eigenvalue weighted by Crippen LogP contribution is -2.45. The third kappa shape index (κ3) is 6.53. The highest BCUT2D eigenvalue weighted by atomic mass is 16.2. The molecule has 2 aromatic rings. The van der Waals surface area contributed by atoms with E-state index >= 15 is 0 Å². The Hall–Kier alpha value is -3.42. The number of pyridine rings is 1. The van der Waals surface area contributed by atoms with Gasteiger partial charge in [0.15, 0.2) is 5.96 Å². The molecule has 2 amide bonds. The third-order valence-corrected chi connectivity index (χ3v) is 5.11. The molecule has 1 fully saturated rings. The zero-order chi connectivity index (χ0) is 22.1. The Morgan fingerprint density at radius 1 is 1.23 bits per heavy atom. The van der Waals surface area contributed by atoms with E-state index in [1.165, 1.54) is 0 Å². The van der Waals surface area contributed by atoms with Crippen LogP contribution in [0.4, 0.5) is 5.69 Å². The molecule has 1 aromatic heterocycles. The van der Waals surface area contributed by atoms with Gasteiger partial charge < -0.3 is 20.4 Å². The highest BCUT2D eigenvalue weighted by Crippen LogP contribution is 2.20. The number of carbonyl (C=O) groups is 2. The summed E-state index contributed by atoms with van der Waals surface area (Å²) in [6.07, 6.45) is 2.84. The highest BCUT2D eigenvalue weighted by Gasteiger charge is 2.31. The van der Waals surface area contributed by atoms with Crippen molar-refractivity contribution in [1.29, 1.82) is 0 Å². The molecule has 0 aliphatic carbocycles. The van der Waals surface area contributed by atoms with Crippen molar-refractivity contribution in [2.24, 2.45) is 4.99 Å². The molecule has 1 aliphatic rings. The van der Waals surface area contributed by atoms with Crippen LogP contribution in [0.2, 0.25) is 0 Å². The molecule has 1 aliphatic heterocycles. The number of amides is 2. The number of hydrogen-bond acceptors (Lipinski definition) is 4. The maximum Gasteiger partial charge on any atom is 0.244 e. The zero-order valence-electron chi connectivity index (χ0n) is 18.1. The maximum atomic E-state index is 12.5.